The first-order valence-corrected chi connectivity index (χ1v) is 8.11. The minimum Gasteiger partial charge on any atom is -0.389 e. The van der Waals surface area contributed by atoms with E-state index in [1.165, 1.54) is 0 Å². The second-order valence-electron chi connectivity index (χ2n) is 6.76. The molecule has 0 spiro atoms. The van der Waals surface area contributed by atoms with Crippen LogP contribution in [0.5, 0.6) is 0 Å². The standard InChI is InChI=1S/C16H27N7O/c1-7-8-17-14-19-11-9-18-15(23(6)10-16(2,3)24)20-12(11)13(21-14)22(4)5/h9,24H,7-8,10H2,1-6H3,(H,17,19,21). The number of nitrogens with one attached hydrogen (secondary N) is 1. The van der Waals surface area contributed by atoms with E-state index in [1.54, 1.807) is 20.0 Å². The Kier molecular flexibility index (Phi) is 5.38. The molecule has 0 aromatic carbocycles. The summed E-state index contributed by atoms with van der Waals surface area (Å²) >= 11 is 0. The monoisotopic (exact) mass is 333 g/mol. The molecule has 0 bridgehead atoms. The van der Waals surface area contributed by atoms with Crippen LogP contribution in [0, 0.1) is 0 Å². The van der Waals surface area contributed by atoms with Crippen molar-refractivity contribution in [2.24, 2.45) is 0 Å². The van der Waals surface area contributed by atoms with Gasteiger partial charge in [-0.1, -0.05) is 6.92 Å². The number of fused-ring (bicyclic) bond motifs is 1. The maximum absolute atomic E-state index is 9.99. The molecule has 0 amide bonds. The molecule has 0 unspecified atom stereocenters. The zero-order valence-electron chi connectivity index (χ0n) is 15.3. The minimum atomic E-state index is -0.831. The second kappa shape index (κ2) is 7.12. The Labute approximate surface area is 143 Å². The molecule has 0 saturated carbocycles. The highest BCUT2D eigenvalue weighted by Gasteiger charge is 2.19. The van der Waals surface area contributed by atoms with Gasteiger partial charge < -0.3 is 20.2 Å². The summed E-state index contributed by atoms with van der Waals surface area (Å²) in [6.45, 7) is 6.84. The van der Waals surface area contributed by atoms with Crippen LogP contribution in [-0.4, -0.2) is 64.9 Å². The van der Waals surface area contributed by atoms with Gasteiger partial charge in [-0.2, -0.15) is 4.98 Å². The van der Waals surface area contributed by atoms with Gasteiger partial charge in [0.25, 0.3) is 0 Å². The molecule has 2 rings (SSSR count). The van der Waals surface area contributed by atoms with Crippen LogP contribution in [0.15, 0.2) is 6.20 Å². The summed E-state index contributed by atoms with van der Waals surface area (Å²) in [6, 6.07) is 0. The highest BCUT2D eigenvalue weighted by Crippen LogP contribution is 2.24. The van der Waals surface area contributed by atoms with E-state index in [1.807, 2.05) is 30.9 Å². The van der Waals surface area contributed by atoms with E-state index in [4.69, 9.17) is 0 Å². The first kappa shape index (κ1) is 18.1. The number of aromatic nitrogens is 4. The number of hydrogen-bond donors (Lipinski definition) is 2. The smallest absolute Gasteiger partial charge is 0.225 e. The lowest BCUT2D eigenvalue weighted by atomic mass is 10.1. The third kappa shape index (κ3) is 4.41. The van der Waals surface area contributed by atoms with Crippen molar-refractivity contribution in [1.29, 1.82) is 0 Å². The molecule has 0 aliphatic rings. The molecule has 24 heavy (non-hydrogen) atoms. The van der Waals surface area contributed by atoms with Crippen molar-refractivity contribution in [1.82, 2.24) is 19.9 Å². The third-order valence-electron chi connectivity index (χ3n) is 3.33. The first-order chi connectivity index (χ1) is 11.2. The van der Waals surface area contributed by atoms with Crippen LogP contribution < -0.4 is 15.1 Å². The van der Waals surface area contributed by atoms with Gasteiger partial charge in [0, 0.05) is 34.2 Å². The molecule has 2 N–H and O–H groups in total. The summed E-state index contributed by atoms with van der Waals surface area (Å²) in [5.41, 5.74) is 0.546. The largest absolute Gasteiger partial charge is 0.389 e. The normalized spacial score (nSPS) is 11.6. The number of nitrogens with zero attached hydrogens (tertiary/aromatic N) is 6. The SMILES string of the molecule is CCCNc1nc(N(C)C)c2nc(N(C)CC(C)(C)O)ncc2n1. The van der Waals surface area contributed by atoms with Crippen molar-refractivity contribution >= 4 is 28.7 Å². The molecule has 0 radical (unpaired) electrons. The second-order valence-corrected chi connectivity index (χ2v) is 6.76. The topological polar surface area (TPSA) is 90.3 Å². The molecule has 8 heteroatoms. The van der Waals surface area contributed by atoms with Crippen LogP contribution in [0.4, 0.5) is 17.7 Å². The summed E-state index contributed by atoms with van der Waals surface area (Å²) in [6.07, 6.45) is 2.69. The van der Waals surface area contributed by atoms with Gasteiger partial charge in [-0.25, -0.2) is 15.0 Å². The van der Waals surface area contributed by atoms with Gasteiger partial charge in [0.05, 0.1) is 11.8 Å². The summed E-state index contributed by atoms with van der Waals surface area (Å²) in [4.78, 5) is 21.8. The number of likely N-dealkylation sites (N-methyl/N-ethyl adjacent to an activating group) is 1. The summed E-state index contributed by atoms with van der Waals surface area (Å²) in [5.74, 6) is 1.85. The molecule has 2 aromatic rings. The van der Waals surface area contributed by atoms with Crippen molar-refractivity contribution in [3.63, 3.8) is 0 Å². The third-order valence-corrected chi connectivity index (χ3v) is 3.33. The Morgan fingerprint density at radius 2 is 1.88 bits per heavy atom. The molecule has 2 heterocycles. The van der Waals surface area contributed by atoms with Gasteiger partial charge >= 0.3 is 0 Å². The zero-order chi connectivity index (χ0) is 17.9. The Morgan fingerprint density at radius 3 is 2.46 bits per heavy atom. The zero-order valence-corrected chi connectivity index (χ0v) is 15.3. The Balaban J connectivity index is 2.45. The van der Waals surface area contributed by atoms with Gasteiger partial charge in [0.2, 0.25) is 11.9 Å². The predicted molar refractivity (Wildman–Crippen MR) is 97.8 cm³/mol. The molecule has 8 nitrogen and oxygen atoms in total. The quantitative estimate of drug-likeness (QED) is 0.788. The highest BCUT2D eigenvalue weighted by molar-refractivity contribution is 5.86. The average molecular weight is 333 g/mol. The van der Waals surface area contributed by atoms with Crippen LogP contribution in [0.3, 0.4) is 0 Å². The Hall–Kier alpha value is -2.22. The van der Waals surface area contributed by atoms with Crippen molar-refractivity contribution in [2.75, 3.05) is 49.3 Å². The van der Waals surface area contributed by atoms with Crippen LogP contribution in [-0.2, 0) is 0 Å². The van der Waals surface area contributed by atoms with Gasteiger partial charge in [-0.05, 0) is 20.3 Å². The lowest BCUT2D eigenvalue weighted by Crippen LogP contribution is -2.37. The fourth-order valence-electron chi connectivity index (χ4n) is 2.37. The predicted octanol–water partition coefficient (Wildman–Crippen LogP) is 1.51. The minimum absolute atomic E-state index is 0.423. The molecule has 0 aliphatic heterocycles. The molecule has 132 valence electrons. The van der Waals surface area contributed by atoms with Gasteiger partial charge in [0.1, 0.15) is 11.0 Å². The molecule has 0 fully saturated rings. The van der Waals surface area contributed by atoms with Gasteiger partial charge in [-0.3, -0.25) is 0 Å². The van der Waals surface area contributed by atoms with E-state index in [-0.39, 0.29) is 0 Å². The van der Waals surface area contributed by atoms with E-state index in [0.717, 1.165) is 18.8 Å². The van der Waals surface area contributed by atoms with Crippen LogP contribution in [0.25, 0.3) is 11.0 Å². The number of rotatable bonds is 7. The maximum Gasteiger partial charge on any atom is 0.225 e. The fourth-order valence-corrected chi connectivity index (χ4v) is 2.37. The first-order valence-electron chi connectivity index (χ1n) is 8.11. The van der Waals surface area contributed by atoms with E-state index in [9.17, 15) is 5.11 Å². The van der Waals surface area contributed by atoms with E-state index >= 15 is 0 Å². The molecule has 0 saturated heterocycles. The van der Waals surface area contributed by atoms with Crippen molar-refractivity contribution < 1.29 is 5.11 Å². The fraction of sp³-hybridized carbons (Fsp3) is 0.625. The van der Waals surface area contributed by atoms with Crippen LogP contribution in [0.1, 0.15) is 27.2 Å². The van der Waals surface area contributed by atoms with E-state index in [2.05, 4.69) is 32.2 Å². The highest BCUT2D eigenvalue weighted by atomic mass is 16.3. The maximum atomic E-state index is 9.99. The van der Waals surface area contributed by atoms with Crippen molar-refractivity contribution in [3.8, 4) is 0 Å². The molecular weight excluding hydrogens is 306 g/mol. The number of aliphatic hydroxyl groups is 1. The van der Waals surface area contributed by atoms with Gasteiger partial charge in [0.15, 0.2) is 5.82 Å². The Bertz CT molecular complexity index is 697. The molecule has 2 aromatic heterocycles. The van der Waals surface area contributed by atoms with E-state index < -0.39 is 5.60 Å². The lowest BCUT2D eigenvalue weighted by Gasteiger charge is -2.25. The molecular formula is C16H27N7O. The molecule has 0 aliphatic carbocycles. The lowest BCUT2D eigenvalue weighted by molar-refractivity contribution is 0.0883. The van der Waals surface area contributed by atoms with Gasteiger partial charge in [-0.15, -0.1) is 0 Å². The van der Waals surface area contributed by atoms with Crippen LogP contribution >= 0.6 is 0 Å². The number of hydrogen-bond acceptors (Lipinski definition) is 8. The summed E-state index contributed by atoms with van der Waals surface area (Å²) in [7, 11) is 5.70. The van der Waals surface area contributed by atoms with Crippen molar-refractivity contribution in [2.45, 2.75) is 32.8 Å². The van der Waals surface area contributed by atoms with Crippen LogP contribution in [0.2, 0.25) is 0 Å². The van der Waals surface area contributed by atoms with Crippen molar-refractivity contribution in [3.05, 3.63) is 6.20 Å². The van der Waals surface area contributed by atoms with E-state index in [0.29, 0.717) is 29.5 Å². The summed E-state index contributed by atoms with van der Waals surface area (Å²) < 4.78 is 0. The summed E-state index contributed by atoms with van der Waals surface area (Å²) in [5, 5.41) is 13.2. The Morgan fingerprint density at radius 1 is 1.17 bits per heavy atom. The number of anilines is 3. The average Bonchev–Trinajstić information content (AvgIpc) is 2.49. The molecule has 0 atom stereocenters.